The number of aliphatic hydroxyl groups excluding tert-OH is 1. The molecule has 13 heavy (non-hydrogen) atoms. The van der Waals surface area contributed by atoms with Crippen LogP contribution in [0.3, 0.4) is 0 Å². The van der Waals surface area contributed by atoms with Crippen molar-refractivity contribution in [1.29, 1.82) is 0 Å². The molecule has 2 nitrogen and oxygen atoms in total. The smallest absolute Gasteiger partial charge is 0.448 e. The number of likely N-dealkylation sites (tertiary alicyclic amines) is 1. The van der Waals surface area contributed by atoms with Crippen LogP contribution in [-0.2, 0) is 0 Å². The molecular formula is C6H12BF3KNO. The van der Waals surface area contributed by atoms with Gasteiger partial charge in [0.2, 0.25) is 0 Å². The Labute approximate surface area is 118 Å². The number of nitrogens with zero attached hydrogens (tertiary/aromatic N) is 1. The molecule has 1 aliphatic heterocycles. The van der Waals surface area contributed by atoms with Crippen LogP contribution in [0, 0.1) is 5.92 Å². The van der Waals surface area contributed by atoms with E-state index in [1.54, 1.807) is 0 Å². The Bertz CT molecular complexity index is 157. The van der Waals surface area contributed by atoms with Gasteiger partial charge < -0.3 is 23.0 Å². The van der Waals surface area contributed by atoms with Crippen molar-refractivity contribution in [3.8, 4) is 0 Å². The molecule has 0 bridgehead atoms. The molecule has 0 saturated carbocycles. The first kappa shape index (κ1) is 14.4. The van der Waals surface area contributed by atoms with Gasteiger partial charge in [-0.3, -0.25) is 0 Å². The Balaban J connectivity index is 0.00000144. The van der Waals surface area contributed by atoms with E-state index in [2.05, 4.69) is 0 Å². The van der Waals surface area contributed by atoms with Crippen molar-refractivity contribution in [1.82, 2.24) is 4.90 Å². The molecule has 1 heterocycles. The van der Waals surface area contributed by atoms with Gasteiger partial charge in [-0.25, -0.2) is 0 Å². The maximum Gasteiger partial charge on any atom is 1.00 e. The van der Waals surface area contributed by atoms with Crippen LogP contribution >= 0.6 is 0 Å². The maximum absolute atomic E-state index is 11.9. The van der Waals surface area contributed by atoms with Gasteiger partial charge >= 0.3 is 58.4 Å². The molecule has 0 aromatic rings. The van der Waals surface area contributed by atoms with Crippen molar-refractivity contribution in [2.45, 2.75) is 6.42 Å². The van der Waals surface area contributed by atoms with Gasteiger partial charge in [0.1, 0.15) is 0 Å². The van der Waals surface area contributed by atoms with Crippen molar-refractivity contribution in [2.24, 2.45) is 5.92 Å². The minimum atomic E-state index is -4.70. The number of halogens is 3. The van der Waals surface area contributed by atoms with Gasteiger partial charge in [0, 0.05) is 13.2 Å². The molecule has 1 N–H and O–H groups in total. The second-order valence-corrected chi connectivity index (χ2v) is 3.31. The molecule has 0 amide bonds. The van der Waals surface area contributed by atoms with Gasteiger partial charge in [0.05, 0.1) is 0 Å². The second kappa shape index (κ2) is 6.09. The van der Waals surface area contributed by atoms with E-state index in [9.17, 15) is 12.9 Å². The van der Waals surface area contributed by atoms with E-state index in [0.29, 0.717) is 19.5 Å². The summed E-state index contributed by atoms with van der Waals surface area (Å²) in [6.45, 7) is -3.85. The van der Waals surface area contributed by atoms with Gasteiger partial charge in [-0.05, 0) is 25.3 Å². The van der Waals surface area contributed by atoms with Gasteiger partial charge in [0.25, 0.3) is 0 Å². The molecule has 0 radical (unpaired) electrons. The van der Waals surface area contributed by atoms with E-state index in [-0.39, 0.29) is 63.9 Å². The number of rotatable bonds is 3. The topological polar surface area (TPSA) is 23.5 Å². The Morgan fingerprint density at radius 1 is 1.38 bits per heavy atom. The van der Waals surface area contributed by atoms with E-state index >= 15 is 0 Å². The van der Waals surface area contributed by atoms with E-state index in [4.69, 9.17) is 5.11 Å². The fraction of sp³-hybridized carbons (Fsp3) is 1.00. The summed E-state index contributed by atoms with van der Waals surface area (Å²) < 4.78 is 35.7. The van der Waals surface area contributed by atoms with Gasteiger partial charge in [-0.2, -0.15) is 0 Å². The average molecular weight is 221 g/mol. The van der Waals surface area contributed by atoms with Crippen molar-refractivity contribution in [3.05, 3.63) is 0 Å². The zero-order chi connectivity index (χ0) is 9.19. The quantitative estimate of drug-likeness (QED) is 0.541. The predicted octanol–water partition coefficient (Wildman–Crippen LogP) is -2.31. The summed E-state index contributed by atoms with van der Waals surface area (Å²) in [7, 11) is 0. The molecule has 1 unspecified atom stereocenters. The van der Waals surface area contributed by atoms with Crippen molar-refractivity contribution >= 4 is 6.98 Å². The molecule has 72 valence electrons. The number of hydrogen-bond donors (Lipinski definition) is 1. The van der Waals surface area contributed by atoms with Crippen LogP contribution in [0.5, 0.6) is 0 Å². The molecule has 1 aliphatic rings. The predicted molar refractivity (Wildman–Crippen MR) is 40.7 cm³/mol. The van der Waals surface area contributed by atoms with Gasteiger partial charge in [-0.1, -0.05) is 0 Å². The van der Waals surface area contributed by atoms with Crippen LogP contribution < -0.4 is 51.4 Å². The Hall–Kier alpha value is 1.41. The van der Waals surface area contributed by atoms with E-state index in [1.165, 1.54) is 4.90 Å². The first-order chi connectivity index (χ1) is 5.51. The van der Waals surface area contributed by atoms with Crippen LogP contribution in [0.15, 0.2) is 0 Å². The summed E-state index contributed by atoms with van der Waals surface area (Å²) in [6, 6.07) is 0. The Morgan fingerprint density at radius 2 is 2.00 bits per heavy atom. The van der Waals surface area contributed by atoms with Crippen LogP contribution in [0.1, 0.15) is 6.42 Å². The minimum Gasteiger partial charge on any atom is -0.448 e. The zero-order valence-electron chi connectivity index (χ0n) is 7.72. The first-order valence-electron chi connectivity index (χ1n) is 4.05. The molecule has 0 spiro atoms. The Morgan fingerprint density at radius 3 is 2.38 bits per heavy atom. The Kier molecular flexibility index (Phi) is 6.76. The fourth-order valence-corrected chi connectivity index (χ4v) is 1.52. The zero-order valence-corrected chi connectivity index (χ0v) is 10.8. The summed E-state index contributed by atoms with van der Waals surface area (Å²) in [6.07, 6.45) is -0.0981. The molecule has 1 saturated heterocycles. The summed E-state index contributed by atoms with van der Waals surface area (Å²) in [5, 5.41) is 8.68. The van der Waals surface area contributed by atoms with E-state index < -0.39 is 13.4 Å². The molecule has 1 rings (SSSR count). The average Bonchev–Trinajstić information content (AvgIpc) is 2.32. The fourth-order valence-electron chi connectivity index (χ4n) is 1.52. The molecule has 0 aromatic heterocycles. The standard InChI is InChI=1S/C6H12BF3NO.K/c8-7(9,10)5-11-2-1-6(3-11)4-12;/h6,12H,1-5H2;/q-1;+1. The van der Waals surface area contributed by atoms with Crippen molar-refractivity contribution in [3.63, 3.8) is 0 Å². The largest absolute Gasteiger partial charge is 1.00 e. The molecule has 1 fully saturated rings. The van der Waals surface area contributed by atoms with E-state index in [0.717, 1.165) is 0 Å². The summed E-state index contributed by atoms with van der Waals surface area (Å²) in [5.41, 5.74) is 0. The number of hydrogen-bond acceptors (Lipinski definition) is 2. The van der Waals surface area contributed by atoms with Crippen LogP contribution in [-0.4, -0.2) is 43.1 Å². The molecular weight excluding hydrogens is 209 g/mol. The number of aliphatic hydroxyl groups is 1. The monoisotopic (exact) mass is 221 g/mol. The van der Waals surface area contributed by atoms with Crippen LogP contribution in [0.4, 0.5) is 12.9 Å². The summed E-state index contributed by atoms with van der Waals surface area (Å²) in [5.74, 6) is 0.0446. The van der Waals surface area contributed by atoms with Crippen molar-refractivity contribution < 1.29 is 69.4 Å². The van der Waals surface area contributed by atoms with Crippen LogP contribution in [0.2, 0.25) is 0 Å². The van der Waals surface area contributed by atoms with Crippen molar-refractivity contribution in [2.75, 3.05) is 26.1 Å². The molecule has 0 aromatic carbocycles. The van der Waals surface area contributed by atoms with Gasteiger partial charge in [-0.15, -0.1) is 0 Å². The van der Waals surface area contributed by atoms with E-state index in [1.807, 2.05) is 0 Å². The first-order valence-corrected chi connectivity index (χ1v) is 4.05. The second-order valence-electron chi connectivity index (χ2n) is 3.31. The van der Waals surface area contributed by atoms with Crippen LogP contribution in [0.25, 0.3) is 0 Å². The van der Waals surface area contributed by atoms with Gasteiger partial charge in [0.15, 0.2) is 0 Å². The summed E-state index contributed by atoms with van der Waals surface area (Å²) >= 11 is 0. The maximum atomic E-state index is 11.9. The summed E-state index contributed by atoms with van der Waals surface area (Å²) in [4.78, 5) is 1.36. The normalized spacial score (nSPS) is 24.5. The third-order valence-corrected chi connectivity index (χ3v) is 2.09. The SMILES string of the molecule is OCC1CCN(C[B-](F)(F)F)C1.[K+]. The third kappa shape index (κ3) is 5.76. The molecule has 0 aliphatic carbocycles. The minimum absolute atomic E-state index is 0. The molecule has 7 heteroatoms. The molecule has 1 atom stereocenters. The third-order valence-electron chi connectivity index (χ3n) is 2.09.